The van der Waals surface area contributed by atoms with E-state index in [9.17, 15) is 0 Å². The van der Waals surface area contributed by atoms with Gasteiger partial charge in [0.15, 0.2) is 0 Å². The first-order valence-corrected chi connectivity index (χ1v) is 16.9. The van der Waals surface area contributed by atoms with Crippen LogP contribution < -0.4 is 0 Å². The van der Waals surface area contributed by atoms with Gasteiger partial charge in [-0.15, -0.1) is 0 Å². The predicted molar refractivity (Wildman–Crippen MR) is 208 cm³/mol. The number of nitrogens with zero attached hydrogens (tertiary/aromatic N) is 1. The van der Waals surface area contributed by atoms with Gasteiger partial charge < -0.3 is 4.40 Å². The van der Waals surface area contributed by atoms with E-state index in [1.807, 2.05) is 0 Å². The van der Waals surface area contributed by atoms with Gasteiger partial charge in [-0.2, -0.15) is 0 Å². The van der Waals surface area contributed by atoms with E-state index in [1.165, 1.54) is 93.7 Å². The number of hydrogen-bond donors (Lipinski definition) is 0. The quantitative estimate of drug-likeness (QED) is 0.180. The smallest absolute Gasteiger partial charge is 0.0620 e. The van der Waals surface area contributed by atoms with Crippen molar-refractivity contribution in [2.24, 2.45) is 0 Å². The highest BCUT2D eigenvalue weighted by Gasteiger charge is 2.19. The van der Waals surface area contributed by atoms with E-state index in [2.05, 4.69) is 192 Å². The zero-order valence-corrected chi connectivity index (χ0v) is 26.8. The Kier molecular flexibility index (Phi) is 6.25. The van der Waals surface area contributed by atoms with E-state index < -0.39 is 0 Å². The molecule has 0 aliphatic heterocycles. The molecular weight excluding hydrogens is 591 g/mol. The van der Waals surface area contributed by atoms with E-state index in [-0.39, 0.29) is 0 Å². The first kappa shape index (κ1) is 27.7. The fraction of sp³-hybridized carbons (Fsp3) is 0. The van der Waals surface area contributed by atoms with Gasteiger partial charge in [-0.1, -0.05) is 140 Å². The maximum Gasteiger partial charge on any atom is 0.0620 e. The summed E-state index contributed by atoms with van der Waals surface area (Å²) in [5.41, 5.74) is 16.1. The Balaban J connectivity index is 1.09. The minimum Gasteiger partial charge on any atom is -0.308 e. The van der Waals surface area contributed by atoms with Gasteiger partial charge in [-0.25, -0.2) is 0 Å². The molecule has 1 nitrogen and oxygen atoms in total. The normalized spacial score (nSPS) is 11.7. The molecule has 10 aromatic rings. The molecule has 0 fully saturated rings. The minimum atomic E-state index is 1.21. The van der Waals surface area contributed by atoms with Crippen LogP contribution in [-0.4, -0.2) is 4.40 Å². The van der Waals surface area contributed by atoms with Crippen molar-refractivity contribution in [2.45, 2.75) is 0 Å². The van der Waals surface area contributed by atoms with E-state index in [0.29, 0.717) is 0 Å². The summed E-state index contributed by atoms with van der Waals surface area (Å²) in [5, 5.41) is 5.19. The maximum atomic E-state index is 2.46. The topological polar surface area (TPSA) is 4.41 Å². The molecule has 1 heteroatoms. The Hall–Kier alpha value is -6.44. The van der Waals surface area contributed by atoms with Crippen LogP contribution in [0.2, 0.25) is 0 Å². The standard InChI is InChI=1S/C48H31N/c1-3-12-32(13-4-1)34-16-9-17-35(26-34)36-18-10-19-37(27-36)38-20-11-21-39(28-38)40-24-25-47-43(29-40)45-31-41(33-14-5-2-6-15-33)30-44-42-22-7-8-23-46(42)49(47)48(44)45/h1-31H. The number of aromatic nitrogens is 1. The summed E-state index contributed by atoms with van der Waals surface area (Å²) in [7, 11) is 0. The molecule has 0 saturated carbocycles. The van der Waals surface area contributed by atoms with Gasteiger partial charge in [0.1, 0.15) is 0 Å². The second-order valence-electron chi connectivity index (χ2n) is 13.0. The maximum absolute atomic E-state index is 2.46. The fourth-order valence-corrected chi connectivity index (χ4v) is 7.74. The number of benzene rings is 8. The minimum absolute atomic E-state index is 1.21. The molecule has 0 N–H and O–H groups in total. The molecule has 0 aliphatic rings. The van der Waals surface area contributed by atoms with Gasteiger partial charge in [-0.3, -0.25) is 0 Å². The number of rotatable bonds is 5. The summed E-state index contributed by atoms with van der Waals surface area (Å²) >= 11 is 0. The molecule has 0 aliphatic carbocycles. The van der Waals surface area contributed by atoms with Gasteiger partial charge in [0.05, 0.1) is 16.6 Å². The zero-order valence-electron chi connectivity index (χ0n) is 26.8. The molecule has 0 atom stereocenters. The second-order valence-corrected chi connectivity index (χ2v) is 13.0. The third-order valence-electron chi connectivity index (χ3n) is 10.1. The van der Waals surface area contributed by atoms with Crippen molar-refractivity contribution < 1.29 is 0 Å². The van der Waals surface area contributed by atoms with Crippen LogP contribution in [0.5, 0.6) is 0 Å². The summed E-state index contributed by atoms with van der Waals surface area (Å²) in [4.78, 5) is 0. The van der Waals surface area contributed by atoms with E-state index in [0.717, 1.165) is 0 Å². The first-order chi connectivity index (χ1) is 24.3. The molecule has 2 heterocycles. The molecule has 0 saturated heterocycles. The summed E-state index contributed by atoms with van der Waals surface area (Å²) < 4.78 is 2.46. The highest BCUT2D eigenvalue weighted by atomic mass is 14.9. The zero-order chi connectivity index (χ0) is 32.3. The number of hydrogen-bond acceptors (Lipinski definition) is 0. The first-order valence-electron chi connectivity index (χ1n) is 16.9. The van der Waals surface area contributed by atoms with Gasteiger partial charge in [0, 0.05) is 21.5 Å². The Bertz CT molecular complexity index is 2810. The molecule has 0 amide bonds. The molecule has 0 bridgehead atoms. The molecule has 0 unspecified atom stereocenters. The highest BCUT2D eigenvalue weighted by molar-refractivity contribution is 6.24. The largest absolute Gasteiger partial charge is 0.308 e. The lowest BCUT2D eigenvalue weighted by molar-refractivity contribution is 1.37. The average molecular weight is 622 g/mol. The molecular formula is C48H31N. The van der Waals surface area contributed by atoms with Crippen molar-refractivity contribution in [2.75, 3.05) is 0 Å². The molecule has 228 valence electrons. The molecule has 2 aromatic heterocycles. The van der Waals surface area contributed by atoms with Crippen LogP contribution >= 0.6 is 0 Å². The third kappa shape index (κ3) is 4.55. The highest BCUT2D eigenvalue weighted by Crippen LogP contribution is 2.43. The lowest BCUT2D eigenvalue weighted by atomic mass is 9.94. The van der Waals surface area contributed by atoms with Crippen LogP contribution in [0.15, 0.2) is 188 Å². The molecule has 0 radical (unpaired) electrons. The summed E-state index contributed by atoms with van der Waals surface area (Å²) in [5.74, 6) is 0. The molecule has 8 aromatic carbocycles. The van der Waals surface area contributed by atoms with Gasteiger partial charge in [0.25, 0.3) is 0 Å². The lowest BCUT2D eigenvalue weighted by Crippen LogP contribution is -1.85. The fourth-order valence-electron chi connectivity index (χ4n) is 7.74. The van der Waals surface area contributed by atoms with E-state index in [4.69, 9.17) is 0 Å². The van der Waals surface area contributed by atoms with Crippen LogP contribution in [0, 0.1) is 0 Å². The van der Waals surface area contributed by atoms with Crippen LogP contribution in [0.3, 0.4) is 0 Å². The summed E-state index contributed by atoms with van der Waals surface area (Å²) in [6, 6.07) is 68.6. The molecule has 49 heavy (non-hydrogen) atoms. The van der Waals surface area contributed by atoms with Gasteiger partial charge >= 0.3 is 0 Å². The lowest BCUT2D eigenvalue weighted by Gasteiger charge is -2.10. The molecule has 0 spiro atoms. The second kappa shape index (κ2) is 11.1. The van der Waals surface area contributed by atoms with Crippen molar-refractivity contribution in [3.05, 3.63) is 188 Å². The van der Waals surface area contributed by atoms with Crippen LogP contribution in [-0.2, 0) is 0 Å². The van der Waals surface area contributed by atoms with Crippen molar-refractivity contribution in [1.29, 1.82) is 0 Å². The summed E-state index contributed by atoms with van der Waals surface area (Å²) in [6.07, 6.45) is 0. The Morgan fingerprint density at radius 1 is 0.224 bits per heavy atom. The van der Waals surface area contributed by atoms with Gasteiger partial charge in [-0.05, 0) is 104 Å². The van der Waals surface area contributed by atoms with Crippen LogP contribution in [0.1, 0.15) is 0 Å². The van der Waals surface area contributed by atoms with Crippen LogP contribution in [0.25, 0.3) is 93.7 Å². The SMILES string of the molecule is c1ccc(-c2cccc(-c3cccc(-c4cccc(-c5ccc6c(c5)c5cc(-c7ccccc7)cc7c8ccccc8n6c75)c4)c3)c2)cc1. The van der Waals surface area contributed by atoms with Crippen molar-refractivity contribution >= 4 is 38.1 Å². The number of para-hydroxylation sites is 1. The van der Waals surface area contributed by atoms with E-state index in [1.54, 1.807) is 0 Å². The van der Waals surface area contributed by atoms with Crippen molar-refractivity contribution in [3.8, 4) is 55.6 Å². The predicted octanol–water partition coefficient (Wildman–Crippen LogP) is 13.2. The van der Waals surface area contributed by atoms with Crippen LogP contribution in [0.4, 0.5) is 0 Å². The monoisotopic (exact) mass is 621 g/mol. The Morgan fingerprint density at radius 3 is 1.18 bits per heavy atom. The van der Waals surface area contributed by atoms with Gasteiger partial charge in [0.2, 0.25) is 0 Å². The Labute approximate surface area is 285 Å². The van der Waals surface area contributed by atoms with Crippen molar-refractivity contribution in [3.63, 3.8) is 0 Å². The van der Waals surface area contributed by atoms with Crippen molar-refractivity contribution in [1.82, 2.24) is 4.40 Å². The summed E-state index contributed by atoms with van der Waals surface area (Å²) in [6.45, 7) is 0. The number of fused-ring (bicyclic) bond motifs is 6. The Morgan fingerprint density at radius 2 is 0.612 bits per heavy atom. The average Bonchev–Trinajstić information content (AvgIpc) is 3.70. The third-order valence-corrected chi connectivity index (χ3v) is 10.1. The molecule has 10 rings (SSSR count). The van der Waals surface area contributed by atoms with E-state index >= 15 is 0 Å².